The molecule has 1 N–H and O–H groups in total. The number of rotatable bonds is 3. The zero-order chi connectivity index (χ0) is 10.6. The fourth-order valence-electron chi connectivity index (χ4n) is 1.51. The minimum atomic E-state index is 0.624. The summed E-state index contributed by atoms with van der Waals surface area (Å²) in [7, 11) is 0. The molecule has 2 heteroatoms. The Bertz CT molecular complexity index is 314. The second-order valence-corrected chi connectivity index (χ2v) is 3.39. The molecule has 1 aromatic rings. The molecule has 0 saturated heterocycles. The van der Waals surface area contributed by atoms with Crippen molar-refractivity contribution in [3.05, 3.63) is 35.4 Å². The molecular formula is C12H18N2. The molecule has 0 unspecified atom stereocenters. The highest BCUT2D eigenvalue weighted by Gasteiger charge is 2.07. The molecule has 0 atom stereocenters. The molecule has 1 rings (SSSR count). The standard InChI is InChI=1S/C12H18N2/c1-4-14(5-2)12(13)11-8-6-7-10(3)9-11/h6-9,13H,4-5H2,1-3H3. The Hall–Kier alpha value is -1.31. The number of amidine groups is 1. The first-order valence-corrected chi connectivity index (χ1v) is 5.09. The van der Waals surface area contributed by atoms with Crippen molar-refractivity contribution in [3.63, 3.8) is 0 Å². The van der Waals surface area contributed by atoms with E-state index in [1.165, 1.54) is 5.56 Å². The first-order valence-electron chi connectivity index (χ1n) is 5.09. The number of aryl methyl sites for hydroxylation is 1. The second kappa shape index (κ2) is 4.80. The van der Waals surface area contributed by atoms with Crippen molar-refractivity contribution in [2.45, 2.75) is 20.8 Å². The van der Waals surface area contributed by atoms with E-state index in [1.807, 2.05) is 12.1 Å². The van der Waals surface area contributed by atoms with Gasteiger partial charge in [-0.25, -0.2) is 0 Å². The first kappa shape index (κ1) is 10.8. The monoisotopic (exact) mass is 190 g/mol. The van der Waals surface area contributed by atoms with Crippen LogP contribution in [-0.4, -0.2) is 23.8 Å². The van der Waals surface area contributed by atoms with Gasteiger partial charge in [-0.05, 0) is 26.8 Å². The lowest BCUT2D eigenvalue weighted by Gasteiger charge is -2.21. The maximum Gasteiger partial charge on any atom is 0.128 e. The molecule has 14 heavy (non-hydrogen) atoms. The average Bonchev–Trinajstić information content (AvgIpc) is 2.19. The molecule has 0 saturated carbocycles. The molecule has 1 aromatic carbocycles. The van der Waals surface area contributed by atoms with Crippen molar-refractivity contribution in [1.29, 1.82) is 5.41 Å². The van der Waals surface area contributed by atoms with Crippen molar-refractivity contribution >= 4 is 5.84 Å². The molecule has 0 aliphatic carbocycles. The van der Waals surface area contributed by atoms with Crippen LogP contribution in [0.15, 0.2) is 24.3 Å². The van der Waals surface area contributed by atoms with Crippen LogP contribution in [0.1, 0.15) is 25.0 Å². The highest BCUT2D eigenvalue weighted by molar-refractivity contribution is 5.96. The Kier molecular flexibility index (Phi) is 3.69. The summed E-state index contributed by atoms with van der Waals surface area (Å²) in [4.78, 5) is 2.05. The van der Waals surface area contributed by atoms with Crippen molar-refractivity contribution in [2.75, 3.05) is 13.1 Å². The van der Waals surface area contributed by atoms with E-state index in [-0.39, 0.29) is 0 Å². The molecule has 0 radical (unpaired) electrons. The summed E-state index contributed by atoms with van der Waals surface area (Å²) in [5, 5.41) is 8.01. The Morgan fingerprint density at radius 2 is 1.93 bits per heavy atom. The normalized spacial score (nSPS) is 9.93. The minimum Gasteiger partial charge on any atom is -0.357 e. The van der Waals surface area contributed by atoms with Gasteiger partial charge in [0.25, 0.3) is 0 Å². The molecule has 0 fully saturated rings. The van der Waals surface area contributed by atoms with E-state index in [9.17, 15) is 0 Å². The van der Waals surface area contributed by atoms with Crippen molar-refractivity contribution in [1.82, 2.24) is 4.90 Å². The lowest BCUT2D eigenvalue weighted by molar-refractivity contribution is 0.463. The maximum absolute atomic E-state index is 8.01. The molecule has 0 amide bonds. The van der Waals surface area contributed by atoms with Crippen LogP contribution in [0.2, 0.25) is 0 Å². The molecular weight excluding hydrogens is 172 g/mol. The smallest absolute Gasteiger partial charge is 0.128 e. The number of nitrogens with zero attached hydrogens (tertiary/aromatic N) is 1. The predicted octanol–water partition coefficient (Wildman–Crippen LogP) is 2.66. The third-order valence-corrected chi connectivity index (χ3v) is 2.37. The highest BCUT2D eigenvalue weighted by Crippen LogP contribution is 2.07. The van der Waals surface area contributed by atoms with Gasteiger partial charge in [0.05, 0.1) is 0 Å². The van der Waals surface area contributed by atoms with Gasteiger partial charge in [0.15, 0.2) is 0 Å². The van der Waals surface area contributed by atoms with Crippen molar-refractivity contribution in [3.8, 4) is 0 Å². The van der Waals surface area contributed by atoms with Gasteiger partial charge in [-0.3, -0.25) is 5.41 Å². The number of hydrogen-bond acceptors (Lipinski definition) is 1. The van der Waals surface area contributed by atoms with Crippen LogP contribution >= 0.6 is 0 Å². The number of hydrogen-bond donors (Lipinski definition) is 1. The molecule has 0 aliphatic rings. The topological polar surface area (TPSA) is 27.1 Å². The third kappa shape index (κ3) is 2.34. The van der Waals surface area contributed by atoms with E-state index in [0.29, 0.717) is 5.84 Å². The Morgan fingerprint density at radius 1 is 1.29 bits per heavy atom. The molecule has 2 nitrogen and oxygen atoms in total. The highest BCUT2D eigenvalue weighted by atomic mass is 15.1. The lowest BCUT2D eigenvalue weighted by atomic mass is 10.1. The fourth-order valence-corrected chi connectivity index (χ4v) is 1.51. The largest absolute Gasteiger partial charge is 0.357 e. The SMILES string of the molecule is CCN(CC)C(=N)c1cccc(C)c1. The van der Waals surface area contributed by atoms with Crippen LogP contribution in [-0.2, 0) is 0 Å². The van der Waals surface area contributed by atoms with Gasteiger partial charge >= 0.3 is 0 Å². The summed E-state index contributed by atoms with van der Waals surface area (Å²) in [6, 6.07) is 8.11. The van der Waals surface area contributed by atoms with Crippen LogP contribution in [0.3, 0.4) is 0 Å². The van der Waals surface area contributed by atoms with E-state index in [0.717, 1.165) is 18.7 Å². The van der Waals surface area contributed by atoms with E-state index < -0.39 is 0 Å². The molecule has 76 valence electrons. The van der Waals surface area contributed by atoms with Crippen molar-refractivity contribution in [2.24, 2.45) is 0 Å². The number of benzene rings is 1. The summed E-state index contributed by atoms with van der Waals surface area (Å²) in [5.41, 5.74) is 2.22. The van der Waals surface area contributed by atoms with Gasteiger partial charge in [0.1, 0.15) is 5.84 Å². The van der Waals surface area contributed by atoms with Crippen LogP contribution in [0.4, 0.5) is 0 Å². The van der Waals surface area contributed by atoms with Gasteiger partial charge in [-0.15, -0.1) is 0 Å². The lowest BCUT2D eigenvalue weighted by Crippen LogP contribution is -2.30. The third-order valence-electron chi connectivity index (χ3n) is 2.37. The summed E-state index contributed by atoms with van der Waals surface area (Å²) in [6.45, 7) is 7.99. The summed E-state index contributed by atoms with van der Waals surface area (Å²) in [5.74, 6) is 0.624. The van der Waals surface area contributed by atoms with Gasteiger partial charge in [0.2, 0.25) is 0 Å². The quantitative estimate of drug-likeness (QED) is 0.576. The second-order valence-electron chi connectivity index (χ2n) is 3.39. The minimum absolute atomic E-state index is 0.624. The number of nitrogens with one attached hydrogen (secondary N) is 1. The van der Waals surface area contributed by atoms with Crippen molar-refractivity contribution < 1.29 is 0 Å². The molecule has 0 heterocycles. The van der Waals surface area contributed by atoms with Crippen LogP contribution in [0, 0.1) is 12.3 Å². The molecule has 0 spiro atoms. The predicted molar refractivity (Wildman–Crippen MR) is 60.9 cm³/mol. The van der Waals surface area contributed by atoms with Gasteiger partial charge in [-0.2, -0.15) is 0 Å². The van der Waals surface area contributed by atoms with E-state index in [1.54, 1.807) is 0 Å². The molecule has 0 bridgehead atoms. The van der Waals surface area contributed by atoms with Crippen LogP contribution < -0.4 is 0 Å². The van der Waals surface area contributed by atoms with Crippen LogP contribution in [0.5, 0.6) is 0 Å². The Labute approximate surface area is 86.1 Å². The Balaban J connectivity index is 2.88. The Morgan fingerprint density at radius 3 is 2.43 bits per heavy atom. The summed E-state index contributed by atoms with van der Waals surface area (Å²) in [6.07, 6.45) is 0. The average molecular weight is 190 g/mol. The molecule has 0 aliphatic heterocycles. The van der Waals surface area contributed by atoms with Gasteiger partial charge in [0, 0.05) is 18.7 Å². The maximum atomic E-state index is 8.01. The summed E-state index contributed by atoms with van der Waals surface area (Å²) >= 11 is 0. The zero-order valence-corrected chi connectivity index (χ0v) is 9.17. The van der Waals surface area contributed by atoms with E-state index in [2.05, 4.69) is 37.8 Å². The van der Waals surface area contributed by atoms with E-state index in [4.69, 9.17) is 5.41 Å². The summed E-state index contributed by atoms with van der Waals surface area (Å²) < 4.78 is 0. The molecule has 0 aromatic heterocycles. The van der Waals surface area contributed by atoms with Gasteiger partial charge < -0.3 is 4.90 Å². The van der Waals surface area contributed by atoms with Crippen LogP contribution in [0.25, 0.3) is 0 Å². The van der Waals surface area contributed by atoms with Gasteiger partial charge in [-0.1, -0.05) is 23.8 Å². The van der Waals surface area contributed by atoms with E-state index >= 15 is 0 Å². The zero-order valence-electron chi connectivity index (χ0n) is 9.17. The fraction of sp³-hybridized carbons (Fsp3) is 0.417. The first-order chi connectivity index (χ1) is 6.69.